The van der Waals surface area contributed by atoms with Gasteiger partial charge >= 0.3 is 0 Å². The third-order valence-corrected chi connectivity index (χ3v) is 16.1. The molecule has 9 heteroatoms. The third kappa shape index (κ3) is 3.00. The van der Waals surface area contributed by atoms with E-state index in [1.807, 2.05) is 51.1 Å². The van der Waals surface area contributed by atoms with Crippen LogP contribution in [0.1, 0.15) is 25.0 Å². The van der Waals surface area contributed by atoms with Gasteiger partial charge in [-0.05, 0) is 96.6 Å². The Morgan fingerprint density at radius 1 is 0.789 bits per heavy atom. The summed E-state index contributed by atoms with van der Waals surface area (Å²) in [4.78, 5) is 5.40. The summed E-state index contributed by atoms with van der Waals surface area (Å²) in [6.45, 7) is 4.41. The minimum Gasteiger partial charge on any atom is -0.235 e. The maximum atomic E-state index is 11.9. The SMILES string of the molecule is CCc1c2c(c(CC)c3c1SS(=O)S3)SSSSS2. The molecule has 0 unspecified atom stereocenters. The van der Waals surface area contributed by atoms with E-state index in [2.05, 4.69) is 13.8 Å². The second-order valence-electron chi connectivity index (χ2n) is 3.72. The zero-order chi connectivity index (χ0) is 13.4. The highest BCUT2D eigenvalue weighted by molar-refractivity contribution is 9.36. The predicted molar refractivity (Wildman–Crippen MR) is 99.5 cm³/mol. The molecule has 2 heterocycles. The molecule has 1 aromatic carbocycles. The van der Waals surface area contributed by atoms with Crippen LogP contribution in [0.25, 0.3) is 0 Å². The van der Waals surface area contributed by atoms with Crippen LogP contribution < -0.4 is 0 Å². The van der Waals surface area contributed by atoms with Gasteiger partial charge in [0.1, 0.15) is 0 Å². The molecule has 2 aliphatic rings. The van der Waals surface area contributed by atoms with Gasteiger partial charge in [-0.2, -0.15) is 0 Å². The molecule has 0 N–H and O–H groups in total. The van der Waals surface area contributed by atoms with E-state index in [1.54, 1.807) is 21.6 Å². The number of fused-ring (bicyclic) bond motifs is 2. The van der Waals surface area contributed by atoms with Crippen LogP contribution in [0.4, 0.5) is 0 Å². The minimum atomic E-state index is -0.852. The van der Waals surface area contributed by atoms with E-state index < -0.39 is 8.86 Å². The van der Waals surface area contributed by atoms with Crippen molar-refractivity contribution in [2.24, 2.45) is 0 Å². The molecule has 0 saturated heterocycles. The van der Waals surface area contributed by atoms with Gasteiger partial charge in [0.25, 0.3) is 0 Å². The van der Waals surface area contributed by atoms with Crippen LogP contribution in [-0.4, -0.2) is 4.21 Å². The fraction of sp³-hybridized carbons (Fsp3) is 0.400. The van der Waals surface area contributed by atoms with Gasteiger partial charge in [-0.25, -0.2) is 4.21 Å². The second kappa shape index (κ2) is 6.93. The van der Waals surface area contributed by atoms with Crippen molar-refractivity contribution in [2.75, 3.05) is 0 Å². The van der Waals surface area contributed by atoms with Crippen LogP contribution in [0.3, 0.4) is 0 Å². The fourth-order valence-corrected chi connectivity index (χ4v) is 17.2. The van der Waals surface area contributed by atoms with Gasteiger partial charge in [-0.3, -0.25) is 0 Å². The van der Waals surface area contributed by atoms with Crippen molar-refractivity contribution in [3.63, 3.8) is 0 Å². The lowest BCUT2D eigenvalue weighted by Gasteiger charge is -2.17. The summed E-state index contributed by atoms with van der Waals surface area (Å²) in [6, 6.07) is 0. The lowest BCUT2D eigenvalue weighted by Crippen LogP contribution is -1.98. The molecule has 19 heavy (non-hydrogen) atoms. The van der Waals surface area contributed by atoms with E-state index in [1.165, 1.54) is 30.7 Å². The summed E-state index contributed by atoms with van der Waals surface area (Å²) in [7, 11) is 11.5. The van der Waals surface area contributed by atoms with Gasteiger partial charge < -0.3 is 0 Å². The Morgan fingerprint density at radius 2 is 1.26 bits per heavy atom. The topological polar surface area (TPSA) is 17.1 Å². The molecule has 1 nitrogen and oxygen atoms in total. The Hall–Kier alpha value is 1.82. The lowest BCUT2D eigenvalue weighted by atomic mass is 10.1. The zero-order valence-electron chi connectivity index (χ0n) is 10.1. The monoisotopic (exact) mass is 402 g/mol. The van der Waals surface area contributed by atoms with Crippen LogP contribution in [-0.2, 0) is 21.7 Å². The molecule has 0 spiro atoms. The number of hydrogen-bond donors (Lipinski definition) is 0. The first kappa shape index (κ1) is 15.7. The van der Waals surface area contributed by atoms with E-state index in [4.69, 9.17) is 0 Å². The second-order valence-corrected chi connectivity index (χ2v) is 16.2. The molecule has 0 aliphatic carbocycles. The van der Waals surface area contributed by atoms with Gasteiger partial charge in [-0.1, -0.05) is 13.8 Å². The molecule has 3 rings (SSSR count). The molecular formula is C10H10OS8. The van der Waals surface area contributed by atoms with Crippen molar-refractivity contribution in [2.45, 2.75) is 46.3 Å². The minimum absolute atomic E-state index is 0.852. The van der Waals surface area contributed by atoms with Gasteiger partial charge in [0, 0.05) is 19.6 Å². The highest BCUT2D eigenvalue weighted by Crippen LogP contribution is 2.64. The van der Waals surface area contributed by atoms with E-state index in [-0.39, 0.29) is 0 Å². The van der Waals surface area contributed by atoms with Crippen molar-refractivity contribution in [1.29, 1.82) is 0 Å². The molecule has 2 aliphatic heterocycles. The standard InChI is InChI=1S/C10H10OS8/c1-3-5-7-8(13-17-18-16-12-7)6(4-2)10-9(5)14-19(11)15-10/h3-4H2,1-2H3. The number of hydrogen-bond acceptors (Lipinski definition) is 8. The first-order chi connectivity index (χ1) is 9.26. The smallest absolute Gasteiger partial charge is 0.151 e. The predicted octanol–water partition coefficient (Wildman–Crippen LogP) is 6.65. The summed E-state index contributed by atoms with van der Waals surface area (Å²) in [5.41, 5.74) is 2.80. The first-order valence-electron chi connectivity index (χ1n) is 5.60. The Kier molecular flexibility index (Phi) is 5.73. The quantitative estimate of drug-likeness (QED) is 0.505. The maximum absolute atomic E-state index is 11.9. The Morgan fingerprint density at radius 3 is 1.68 bits per heavy atom. The molecular weight excluding hydrogens is 393 g/mol. The Balaban J connectivity index is 2.26. The average molecular weight is 403 g/mol. The summed E-state index contributed by atoms with van der Waals surface area (Å²) in [6.07, 6.45) is 2.03. The highest BCUT2D eigenvalue weighted by Gasteiger charge is 2.31. The molecule has 1 aromatic rings. The van der Waals surface area contributed by atoms with Crippen molar-refractivity contribution >= 4 is 81.5 Å². The summed E-state index contributed by atoms with van der Waals surface area (Å²) < 4.78 is 11.9. The molecule has 0 saturated carbocycles. The van der Waals surface area contributed by atoms with Crippen molar-refractivity contribution < 1.29 is 4.21 Å². The normalized spacial score (nSPS) is 19.1. The first-order valence-corrected chi connectivity index (χ1v) is 15.6. The maximum Gasteiger partial charge on any atom is 0.151 e. The van der Waals surface area contributed by atoms with Crippen molar-refractivity contribution in [3.05, 3.63) is 11.1 Å². The van der Waals surface area contributed by atoms with E-state index >= 15 is 0 Å². The van der Waals surface area contributed by atoms with E-state index in [9.17, 15) is 4.21 Å². The van der Waals surface area contributed by atoms with E-state index in [0.717, 1.165) is 12.8 Å². The largest absolute Gasteiger partial charge is 0.235 e. The van der Waals surface area contributed by atoms with Crippen LogP contribution in [0.5, 0.6) is 0 Å². The summed E-state index contributed by atoms with van der Waals surface area (Å²) in [5.74, 6) is 0. The van der Waals surface area contributed by atoms with Crippen molar-refractivity contribution in [3.8, 4) is 0 Å². The fourth-order valence-electron chi connectivity index (χ4n) is 2.01. The number of benzene rings is 1. The molecule has 0 radical (unpaired) electrons. The van der Waals surface area contributed by atoms with Gasteiger partial charge in [0.05, 0.1) is 0 Å². The number of rotatable bonds is 2. The van der Waals surface area contributed by atoms with Gasteiger partial charge in [-0.15, -0.1) is 0 Å². The zero-order valence-corrected chi connectivity index (χ0v) is 16.6. The molecule has 104 valence electrons. The highest BCUT2D eigenvalue weighted by atomic mass is 33.8. The lowest BCUT2D eigenvalue weighted by molar-refractivity contribution is 0.699. The molecule has 0 atom stereocenters. The van der Waals surface area contributed by atoms with Crippen molar-refractivity contribution in [1.82, 2.24) is 0 Å². The summed E-state index contributed by atoms with van der Waals surface area (Å²) in [5, 5.41) is 0. The van der Waals surface area contributed by atoms with Gasteiger partial charge in [0.15, 0.2) is 8.86 Å². The van der Waals surface area contributed by atoms with E-state index in [0.29, 0.717) is 0 Å². The third-order valence-electron chi connectivity index (χ3n) is 2.81. The molecule has 0 fully saturated rings. The molecule has 0 amide bonds. The Bertz CT molecular complexity index is 498. The van der Waals surface area contributed by atoms with Crippen LogP contribution in [0, 0.1) is 0 Å². The van der Waals surface area contributed by atoms with Gasteiger partial charge in [0.2, 0.25) is 0 Å². The molecule has 0 aromatic heterocycles. The van der Waals surface area contributed by atoms with Crippen LogP contribution >= 0.6 is 72.7 Å². The Labute approximate surface area is 142 Å². The average Bonchev–Trinajstić information content (AvgIpc) is 2.62. The van der Waals surface area contributed by atoms with Crippen LogP contribution in [0.15, 0.2) is 19.6 Å². The van der Waals surface area contributed by atoms with Crippen LogP contribution in [0.2, 0.25) is 0 Å². The summed E-state index contributed by atoms with van der Waals surface area (Å²) >= 11 is 0. The molecule has 0 bridgehead atoms.